The lowest BCUT2D eigenvalue weighted by molar-refractivity contribution is 0.563. The summed E-state index contributed by atoms with van der Waals surface area (Å²) in [5, 5.41) is 9.69. The van der Waals surface area contributed by atoms with Crippen LogP contribution in [-0.4, -0.2) is 24.5 Å². The van der Waals surface area contributed by atoms with Crippen LogP contribution in [0.25, 0.3) is 0 Å². The molecule has 20 heavy (non-hydrogen) atoms. The van der Waals surface area contributed by atoms with Gasteiger partial charge in [-0.05, 0) is 13.0 Å². The molecule has 0 saturated heterocycles. The molecule has 110 valence electrons. The number of nitrogens with zero attached hydrogens (tertiary/aromatic N) is 2. The van der Waals surface area contributed by atoms with E-state index in [1.807, 2.05) is 13.0 Å². The van der Waals surface area contributed by atoms with Crippen molar-refractivity contribution >= 4 is 41.3 Å². The standard InChI is InChI=1S/C13H18N4OS.HI/c1-10-17-12(9-19-10)3-5-15-13(14-2)16-7-11-4-6-18-8-11;/h4,6,8-9H,3,5,7H2,1-2H3,(H2,14,15,16);1H. The van der Waals surface area contributed by atoms with Gasteiger partial charge in [-0.2, -0.15) is 0 Å². The van der Waals surface area contributed by atoms with Crippen LogP contribution in [0.2, 0.25) is 0 Å². The van der Waals surface area contributed by atoms with Crippen molar-refractivity contribution in [1.29, 1.82) is 0 Å². The van der Waals surface area contributed by atoms with Crippen LogP contribution in [0.4, 0.5) is 0 Å². The fourth-order valence-electron chi connectivity index (χ4n) is 1.63. The highest BCUT2D eigenvalue weighted by Crippen LogP contribution is 2.07. The average Bonchev–Trinajstić information content (AvgIpc) is 3.05. The Morgan fingerprint density at radius 2 is 2.30 bits per heavy atom. The highest BCUT2D eigenvalue weighted by atomic mass is 127. The van der Waals surface area contributed by atoms with Crippen LogP contribution in [0.15, 0.2) is 33.4 Å². The van der Waals surface area contributed by atoms with Gasteiger partial charge in [0, 0.05) is 37.5 Å². The number of aliphatic imine (C=N–C) groups is 1. The maximum atomic E-state index is 5.01. The Kier molecular flexibility index (Phi) is 7.60. The van der Waals surface area contributed by atoms with Crippen LogP contribution in [0.1, 0.15) is 16.3 Å². The number of aryl methyl sites for hydroxylation is 1. The predicted octanol–water partition coefficient (Wildman–Crippen LogP) is 2.57. The first-order valence-corrected chi connectivity index (χ1v) is 7.02. The van der Waals surface area contributed by atoms with Gasteiger partial charge in [0.05, 0.1) is 23.2 Å². The Labute approximate surface area is 139 Å². The van der Waals surface area contributed by atoms with Gasteiger partial charge >= 0.3 is 0 Å². The van der Waals surface area contributed by atoms with E-state index in [1.165, 1.54) is 0 Å². The molecule has 2 aromatic heterocycles. The number of halogens is 1. The number of rotatable bonds is 5. The monoisotopic (exact) mass is 406 g/mol. The molecule has 0 unspecified atom stereocenters. The zero-order valence-corrected chi connectivity index (χ0v) is 14.7. The van der Waals surface area contributed by atoms with E-state index in [0.29, 0.717) is 6.54 Å². The lowest BCUT2D eigenvalue weighted by Crippen LogP contribution is -2.37. The Balaban J connectivity index is 0.00000200. The third kappa shape index (κ3) is 5.49. The van der Waals surface area contributed by atoms with Gasteiger partial charge in [0.25, 0.3) is 0 Å². The van der Waals surface area contributed by atoms with E-state index in [4.69, 9.17) is 4.42 Å². The van der Waals surface area contributed by atoms with Gasteiger partial charge in [-0.3, -0.25) is 4.99 Å². The summed E-state index contributed by atoms with van der Waals surface area (Å²) in [7, 11) is 1.76. The van der Waals surface area contributed by atoms with Crippen molar-refractivity contribution in [3.05, 3.63) is 40.2 Å². The van der Waals surface area contributed by atoms with E-state index in [0.717, 1.165) is 35.2 Å². The molecule has 5 nitrogen and oxygen atoms in total. The zero-order chi connectivity index (χ0) is 13.5. The van der Waals surface area contributed by atoms with Gasteiger partial charge in [0.2, 0.25) is 0 Å². The van der Waals surface area contributed by atoms with E-state index in [-0.39, 0.29) is 24.0 Å². The maximum Gasteiger partial charge on any atom is 0.191 e. The molecule has 0 aliphatic heterocycles. The molecule has 2 aromatic rings. The van der Waals surface area contributed by atoms with Crippen LogP contribution < -0.4 is 10.6 Å². The highest BCUT2D eigenvalue weighted by molar-refractivity contribution is 14.0. The van der Waals surface area contributed by atoms with Gasteiger partial charge in [0.1, 0.15) is 0 Å². The van der Waals surface area contributed by atoms with Crippen molar-refractivity contribution in [3.63, 3.8) is 0 Å². The molecular weight excluding hydrogens is 387 g/mol. The number of furan rings is 1. The number of hydrogen-bond acceptors (Lipinski definition) is 4. The summed E-state index contributed by atoms with van der Waals surface area (Å²) in [5.41, 5.74) is 2.22. The molecule has 0 saturated carbocycles. The Morgan fingerprint density at radius 1 is 1.45 bits per heavy atom. The number of hydrogen-bond donors (Lipinski definition) is 2. The first kappa shape index (κ1) is 17.0. The number of aromatic nitrogens is 1. The molecule has 0 atom stereocenters. The summed E-state index contributed by atoms with van der Waals surface area (Å²) in [4.78, 5) is 8.60. The second-order valence-corrected chi connectivity index (χ2v) is 5.15. The van der Waals surface area contributed by atoms with Gasteiger partial charge in [-0.1, -0.05) is 0 Å². The first-order valence-electron chi connectivity index (χ1n) is 6.14. The lowest BCUT2D eigenvalue weighted by Gasteiger charge is -2.10. The maximum absolute atomic E-state index is 5.01. The van der Waals surface area contributed by atoms with Gasteiger partial charge in [-0.15, -0.1) is 35.3 Å². The fraction of sp³-hybridized carbons (Fsp3) is 0.385. The Hall–Kier alpha value is -1.09. The fourth-order valence-corrected chi connectivity index (χ4v) is 2.28. The largest absolute Gasteiger partial charge is 0.472 e. The van der Waals surface area contributed by atoms with Crippen molar-refractivity contribution in [2.24, 2.45) is 4.99 Å². The smallest absolute Gasteiger partial charge is 0.191 e. The highest BCUT2D eigenvalue weighted by Gasteiger charge is 2.01. The van der Waals surface area contributed by atoms with Gasteiger partial charge in [0.15, 0.2) is 5.96 Å². The summed E-state index contributed by atoms with van der Waals surface area (Å²) in [6.45, 7) is 3.53. The van der Waals surface area contributed by atoms with E-state index in [1.54, 1.807) is 30.9 Å². The summed E-state index contributed by atoms with van der Waals surface area (Å²) in [6.07, 6.45) is 4.28. The van der Waals surface area contributed by atoms with E-state index >= 15 is 0 Å². The van der Waals surface area contributed by atoms with Crippen molar-refractivity contribution in [2.75, 3.05) is 13.6 Å². The second-order valence-electron chi connectivity index (χ2n) is 4.09. The summed E-state index contributed by atoms with van der Waals surface area (Å²) in [6, 6.07) is 1.93. The summed E-state index contributed by atoms with van der Waals surface area (Å²) in [5.74, 6) is 0.785. The number of thiazole rings is 1. The predicted molar refractivity (Wildman–Crippen MR) is 92.9 cm³/mol. The van der Waals surface area contributed by atoms with Crippen molar-refractivity contribution in [2.45, 2.75) is 19.9 Å². The van der Waals surface area contributed by atoms with E-state index in [9.17, 15) is 0 Å². The van der Waals surface area contributed by atoms with Crippen molar-refractivity contribution < 1.29 is 4.42 Å². The van der Waals surface area contributed by atoms with E-state index in [2.05, 4.69) is 26.0 Å². The normalized spacial score (nSPS) is 11.0. The Bertz CT molecular complexity index is 524. The second kappa shape index (κ2) is 8.96. The van der Waals surface area contributed by atoms with E-state index < -0.39 is 0 Å². The SMILES string of the molecule is CN=C(NCCc1csc(C)n1)NCc1ccoc1.I. The molecule has 7 heteroatoms. The van der Waals surface area contributed by atoms with Gasteiger partial charge in [-0.25, -0.2) is 4.98 Å². The Morgan fingerprint density at radius 3 is 2.90 bits per heavy atom. The van der Waals surface area contributed by atoms with Crippen LogP contribution in [0, 0.1) is 6.92 Å². The molecule has 0 amide bonds. The minimum Gasteiger partial charge on any atom is -0.472 e. The number of nitrogens with one attached hydrogen (secondary N) is 2. The topological polar surface area (TPSA) is 62.5 Å². The summed E-state index contributed by atoms with van der Waals surface area (Å²) >= 11 is 1.68. The van der Waals surface area contributed by atoms with Crippen molar-refractivity contribution in [1.82, 2.24) is 15.6 Å². The molecule has 0 fully saturated rings. The molecule has 2 N–H and O–H groups in total. The molecule has 2 rings (SSSR count). The third-order valence-corrected chi connectivity index (χ3v) is 3.43. The first-order chi connectivity index (χ1) is 9.28. The molecule has 0 spiro atoms. The molecular formula is C13H19IN4OS. The minimum absolute atomic E-state index is 0. The summed E-state index contributed by atoms with van der Waals surface area (Å²) < 4.78 is 5.01. The molecule has 0 radical (unpaired) electrons. The van der Waals surface area contributed by atoms with Crippen LogP contribution in [0.3, 0.4) is 0 Å². The molecule has 0 aliphatic rings. The van der Waals surface area contributed by atoms with Crippen LogP contribution in [-0.2, 0) is 13.0 Å². The zero-order valence-electron chi connectivity index (χ0n) is 11.5. The molecule has 0 bridgehead atoms. The quantitative estimate of drug-likeness (QED) is 0.455. The third-order valence-electron chi connectivity index (χ3n) is 2.60. The molecule has 0 aromatic carbocycles. The van der Waals surface area contributed by atoms with Crippen LogP contribution >= 0.6 is 35.3 Å². The molecule has 0 aliphatic carbocycles. The molecule has 2 heterocycles. The van der Waals surface area contributed by atoms with Crippen molar-refractivity contribution in [3.8, 4) is 0 Å². The van der Waals surface area contributed by atoms with Gasteiger partial charge < -0.3 is 15.1 Å². The lowest BCUT2D eigenvalue weighted by atomic mass is 10.3. The van der Waals surface area contributed by atoms with Crippen LogP contribution in [0.5, 0.6) is 0 Å². The number of guanidine groups is 1. The average molecular weight is 406 g/mol. The minimum atomic E-state index is 0.